The predicted octanol–water partition coefficient (Wildman–Crippen LogP) is 2.39. The summed E-state index contributed by atoms with van der Waals surface area (Å²) in [5, 5.41) is 1.78. The van der Waals surface area contributed by atoms with Gasteiger partial charge in [0.25, 0.3) is 0 Å². The molecule has 12 heavy (non-hydrogen) atoms. The number of ether oxygens (including phenoxy) is 1. The Morgan fingerprint density at radius 3 is 2.92 bits per heavy atom. The molecule has 1 heterocycles. The van der Waals surface area contributed by atoms with Gasteiger partial charge < -0.3 is 4.74 Å². The Morgan fingerprint density at radius 1 is 1.75 bits per heavy atom. The molecular weight excluding hydrogens is 174 g/mol. The molecule has 1 aromatic heterocycles. The summed E-state index contributed by atoms with van der Waals surface area (Å²) >= 11 is 1.25. The summed E-state index contributed by atoms with van der Waals surface area (Å²) in [5.74, 6) is -0.431. The van der Waals surface area contributed by atoms with E-state index in [-0.39, 0.29) is 0 Å². The maximum Gasteiger partial charge on any atom is 0.337 e. The summed E-state index contributed by atoms with van der Waals surface area (Å²) in [7, 11) is 1.31. The Hall–Kier alpha value is -1.34. The Labute approximate surface area is 74.4 Å². The van der Waals surface area contributed by atoms with Gasteiger partial charge in [-0.1, -0.05) is 0 Å². The third-order valence-electron chi connectivity index (χ3n) is 1.42. The molecular formula is C8H7NO2S. The number of rotatable bonds is 1. The number of esters is 1. The number of carbonyl (C=O) groups is 1. The second-order valence-corrected chi connectivity index (χ2v) is 3.08. The van der Waals surface area contributed by atoms with Crippen LogP contribution in [0.4, 0.5) is 5.69 Å². The molecule has 4 heteroatoms. The van der Waals surface area contributed by atoms with Crippen molar-refractivity contribution in [3.05, 3.63) is 27.2 Å². The molecule has 1 aromatic rings. The highest BCUT2D eigenvalue weighted by molar-refractivity contribution is 7.12. The molecule has 0 aliphatic heterocycles. The summed E-state index contributed by atoms with van der Waals surface area (Å²) in [6, 6.07) is 0. The van der Waals surface area contributed by atoms with E-state index >= 15 is 0 Å². The molecule has 0 aromatic carbocycles. The Morgan fingerprint density at radius 2 is 2.42 bits per heavy atom. The third kappa shape index (κ3) is 1.31. The molecule has 0 bridgehead atoms. The van der Waals surface area contributed by atoms with E-state index in [0.717, 1.165) is 5.56 Å². The van der Waals surface area contributed by atoms with E-state index in [1.165, 1.54) is 18.4 Å². The number of methoxy groups -OCH3 is 1. The van der Waals surface area contributed by atoms with Gasteiger partial charge in [0, 0.05) is 0 Å². The molecule has 0 unspecified atom stereocenters. The van der Waals surface area contributed by atoms with Gasteiger partial charge >= 0.3 is 5.97 Å². The van der Waals surface area contributed by atoms with E-state index in [1.807, 2.05) is 0 Å². The van der Waals surface area contributed by atoms with Gasteiger partial charge in [-0.3, -0.25) is 0 Å². The first-order valence-electron chi connectivity index (χ1n) is 3.24. The van der Waals surface area contributed by atoms with Gasteiger partial charge in [0.05, 0.1) is 13.7 Å². The van der Waals surface area contributed by atoms with Crippen molar-refractivity contribution in [3.63, 3.8) is 0 Å². The molecule has 0 saturated heterocycles. The maximum atomic E-state index is 11.1. The minimum absolute atomic E-state index is 0.394. The van der Waals surface area contributed by atoms with E-state index in [1.54, 1.807) is 12.3 Å². The SMILES string of the molecule is [C-]#[N+]c1c(C)csc1C(=O)OC. The normalized spacial score (nSPS) is 9.08. The van der Waals surface area contributed by atoms with Crippen molar-refractivity contribution >= 4 is 23.0 Å². The molecule has 62 valence electrons. The number of thiophene rings is 1. The molecule has 0 fully saturated rings. The van der Waals surface area contributed by atoms with Crippen LogP contribution < -0.4 is 0 Å². The minimum atomic E-state index is -0.431. The minimum Gasteiger partial charge on any atom is -0.466 e. The first kappa shape index (κ1) is 8.75. The number of carbonyl (C=O) groups excluding carboxylic acids is 1. The lowest BCUT2D eigenvalue weighted by atomic mass is 10.3. The van der Waals surface area contributed by atoms with Crippen molar-refractivity contribution in [3.8, 4) is 0 Å². The third-order valence-corrected chi connectivity index (χ3v) is 2.49. The first-order chi connectivity index (χ1) is 5.70. The number of hydrogen-bond donors (Lipinski definition) is 0. The predicted molar refractivity (Wildman–Crippen MR) is 46.7 cm³/mol. The zero-order valence-corrected chi connectivity index (χ0v) is 7.57. The van der Waals surface area contributed by atoms with Crippen LogP contribution in [0.2, 0.25) is 0 Å². The summed E-state index contributed by atoms with van der Waals surface area (Å²) in [6.07, 6.45) is 0. The van der Waals surface area contributed by atoms with Crippen LogP contribution in [-0.4, -0.2) is 13.1 Å². The van der Waals surface area contributed by atoms with Crippen molar-refractivity contribution in [2.24, 2.45) is 0 Å². The fraction of sp³-hybridized carbons (Fsp3) is 0.250. The Bertz CT molecular complexity index is 348. The van der Waals surface area contributed by atoms with Crippen molar-refractivity contribution < 1.29 is 9.53 Å². The average Bonchev–Trinajstić information content (AvgIpc) is 2.45. The molecule has 0 atom stereocenters. The smallest absolute Gasteiger partial charge is 0.337 e. The molecule has 0 N–H and O–H groups in total. The first-order valence-corrected chi connectivity index (χ1v) is 4.12. The second-order valence-electron chi connectivity index (χ2n) is 2.20. The molecule has 0 spiro atoms. The van der Waals surface area contributed by atoms with Crippen molar-refractivity contribution in [2.75, 3.05) is 7.11 Å². The van der Waals surface area contributed by atoms with Crippen LogP contribution in [0.15, 0.2) is 5.38 Å². The standard InChI is InChI=1S/C8H7NO2S/c1-5-4-12-7(6(5)9-2)8(10)11-3/h4H,1,3H3. The van der Waals surface area contributed by atoms with Crippen LogP contribution in [0.1, 0.15) is 15.2 Å². The maximum absolute atomic E-state index is 11.1. The van der Waals surface area contributed by atoms with E-state index in [0.29, 0.717) is 10.6 Å². The van der Waals surface area contributed by atoms with E-state index in [2.05, 4.69) is 9.58 Å². The van der Waals surface area contributed by atoms with Crippen molar-refractivity contribution in [2.45, 2.75) is 6.92 Å². The van der Waals surface area contributed by atoms with Gasteiger partial charge in [-0.15, -0.1) is 11.3 Å². The summed E-state index contributed by atoms with van der Waals surface area (Å²) < 4.78 is 4.52. The molecule has 0 amide bonds. The molecule has 0 saturated carbocycles. The monoisotopic (exact) mass is 181 g/mol. The molecule has 0 radical (unpaired) electrons. The zero-order chi connectivity index (χ0) is 9.14. The van der Waals surface area contributed by atoms with E-state index < -0.39 is 5.97 Å². The summed E-state index contributed by atoms with van der Waals surface area (Å²) in [5.41, 5.74) is 1.24. The molecule has 0 aliphatic rings. The van der Waals surface area contributed by atoms with Crippen LogP contribution >= 0.6 is 11.3 Å². The number of hydrogen-bond acceptors (Lipinski definition) is 3. The van der Waals surface area contributed by atoms with Crippen LogP contribution in [0.25, 0.3) is 4.85 Å². The highest BCUT2D eigenvalue weighted by Crippen LogP contribution is 2.30. The van der Waals surface area contributed by atoms with E-state index in [4.69, 9.17) is 6.57 Å². The highest BCUT2D eigenvalue weighted by atomic mass is 32.1. The van der Waals surface area contributed by atoms with Crippen molar-refractivity contribution in [1.82, 2.24) is 0 Å². The second kappa shape index (κ2) is 3.37. The summed E-state index contributed by atoms with van der Waals surface area (Å²) in [4.78, 5) is 14.7. The largest absolute Gasteiger partial charge is 0.466 e. The topological polar surface area (TPSA) is 30.7 Å². The van der Waals surface area contributed by atoms with Crippen LogP contribution in [-0.2, 0) is 4.74 Å². The highest BCUT2D eigenvalue weighted by Gasteiger charge is 2.15. The van der Waals surface area contributed by atoms with Gasteiger partial charge in [-0.25, -0.2) is 9.64 Å². The number of nitrogens with zero attached hydrogens (tertiary/aromatic N) is 1. The lowest BCUT2D eigenvalue weighted by Crippen LogP contribution is -1.97. The number of aryl methyl sites for hydroxylation is 1. The van der Waals surface area contributed by atoms with Gasteiger partial charge in [0.1, 0.15) is 4.88 Å². The van der Waals surface area contributed by atoms with Gasteiger partial charge in [0.15, 0.2) is 0 Å². The summed E-state index contributed by atoms with van der Waals surface area (Å²) in [6.45, 7) is 8.64. The van der Waals surface area contributed by atoms with Crippen molar-refractivity contribution in [1.29, 1.82) is 0 Å². The fourth-order valence-electron chi connectivity index (χ4n) is 0.814. The fourth-order valence-corrected chi connectivity index (χ4v) is 1.72. The Balaban J connectivity index is 3.18. The molecule has 1 rings (SSSR count). The van der Waals surface area contributed by atoms with Gasteiger partial charge in [-0.2, -0.15) is 0 Å². The molecule has 3 nitrogen and oxygen atoms in total. The Kier molecular flexibility index (Phi) is 2.46. The van der Waals surface area contributed by atoms with Crippen LogP contribution in [0.5, 0.6) is 0 Å². The quantitative estimate of drug-likeness (QED) is 0.492. The lowest BCUT2D eigenvalue weighted by Gasteiger charge is -1.94. The molecule has 0 aliphatic carbocycles. The lowest BCUT2D eigenvalue weighted by molar-refractivity contribution is 0.0607. The zero-order valence-electron chi connectivity index (χ0n) is 6.75. The van der Waals surface area contributed by atoms with Crippen LogP contribution in [0, 0.1) is 13.5 Å². The van der Waals surface area contributed by atoms with Crippen LogP contribution in [0.3, 0.4) is 0 Å². The van der Waals surface area contributed by atoms with Gasteiger partial charge in [0.2, 0.25) is 5.69 Å². The average molecular weight is 181 g/mol. The van der Waals surface area contributed by atoms with Gasteiger partial charge in [-0.05, 0) is 17.9 Å². The van der Waals surface area contributed by atoms with E-state index in [9.17, 15) is 4.79 Å².